The molecular formula is C15H22Cl2N2O. The third-order valence-corrected chi connectivity index (χ3v) is 4.66. The highest BCUT2D eigenvalue weighted by atomic mass is 35.5. The van der Waals surface area contributed by atoms with Gasteiger partial charge in [-0.25, -0.2) is 0 Å². The molecule has 0 saturated carbocycles. The number of benzene rings is 1. The Labute approximate surface area is 132 Å². The zero-order valence-corrected chi connectivity index (χ0v) is 13.3. The summed E-state index contributed by atoms with van der Waals surface area (Å²) < 4.78 is 5.43. The van der Waals surface area contributed by atoms with Gasteiger partial charge in [0.2, 0.25) is 0 Å². The summed E-state index contributed by atoms with van der Waals surface area (Å²) in [5, 5.41) is 4.29. The van der Waals surface area contributed by atoms with E-state index in [0.717, 1.165) is 29.2 Å². The van der Waals surface area contributed by atoms with Crippen molar-refractivity contribution in [1.82, 2.24) is 10.2 Å². The highest BCUT2D eigenvalue weighted by Crippen LogP contribution is 2.29. The van der Waals surface area contributed by atoms with Crippen LogP contribution in [0.5, 0.6) is 5.75 Å². The molecule has 0 amide bonds. The summed E-state index contributed by atoms with van der Waals surface area (Å²) in [5.41, 5.74) is 1.19. The van der Waals surface area contributed by atoms with E-state index in [1.54, 1.807) is 7.11 Å². The maximum Gasteiger partial charge on any atom is 0.123 e. The van der Waals surface area contributed by atoms with Gasteiger partial charge in [0.15, 0.2) is 0 Å². The van der Waals surface area contributed by atoms with Crippen molar-refractivity contribution >= 4 is 24.0 Å². The van der Waals surface area contributed by atoms with Crippen molar-refractivity contribution < 1.29 is 4.74 Å². The molecule has 112 valence electrons. The number of rotatable bonds is 3. The van der Waals surface area contributed by atoms with Crippen LogP contribution in [0.3, 0.4) is 0 Å². The predicted octanol–water partition coefficient (Wildman–Crippen LogP) is 2.81. The molecule has 3 nitrogen and oxygen atoms in total. The summed E-state index contributed by atoms with van der Waals surface area (Å²) in [6.45, 7) is 5.69. The van der Waals surface area contributed by atoms with Crippen LogP contribution in [0.2, 0.25) is 5.02 Å². The number of piperidine rings is 1. The van der Waals surface area contributed by atoms with Crippen LogP contribution in [-0.2, 0) is 6.54 Å². The minimum Gasteiger partial charge on any atom is -0.496 e. The zero-order valence-electron chi connectivity index (χ0n) is 11.8. The lowest BCUT2D eigenvalue weighted by Gasteiger charge is -2.34. The predicted molar refractivity (Wildman–Crippen MR) is 85.0 cm³/mol. The van der Waals surface area contributed by atoms with E-state index >= 15 is 0 Å². The Morgan fingerprint density at radius 2 is 2.15 bits per heavy atom. The molecule has 0 radical (unpaired) electrons. The van der Waals surface area contributed by atoms with Gasteiger partial charge in [0.05, 0.1) is 7.11 Å². The molecule has 2 saturated heterocycles. The summed E-state index contributed by atoms with van der Waals surface area (Å²) in [7, 11) is 1.72. The Bertz CT molecular complexity index is 455. The van der Waals surface area contributed by atoms with Crippen LogP contribution in [0.15, 0.2) is 18.2 Å². The fraction of sp³-hybridized carbons (Fsp3) is 0.600. The summed E-state index contributed by atoms with van der Waals surface area (Å²) in [5.74, 6) is 2.65. The number of nitrogens with zero attached hydrogens (tertiary/aromatic N) is 1. The van der Waals surface area contributed by atoms with E-state index in [9.17, 15) is 0 Å². The van der Waals surface area contributed by atoms with E-state index in [1.165, 1.54) is 38.2 Å². The average molecular weight is 317 g/mol. The quantitative estimate of drug-likeness (QED) is 0.928. The molecule has 2 atom stereocenters. The van der Waals surface area contributed by atoms with E-state index in [-0.39, 0.29) is 12.4 Å². The van der Waals surface area contributed by atoms with Crippen LogP contribution in [0, 0.1) is 11.8 Å². The second-order valence-electron chi connectivity index (χ2n) is 5.66. The lowest BCUT2D eigenvalue weighted by Crippen LogP contribution is -2.39. The van der Waals surface area contributed by atoms with E-state index in [2.05, 4.69) is 10.2 Å². The maximum absolute atomic E-state index is 6.10. The van der Waals surface area contributed by atoms with Crippen LogP contribution in [0.25, 0.3) is 0 Å². The first-order chi connectivity index (χ1) is 9.26. The first kappa shape index (κ1) is 15.9. The van der Waals surface area contributed by atoms with Crippen LogP contribution in [0.1, 0.15) is 12.0 Å². The van der Waals surface area contributed by atoms with Crippen LogP contribution in [0.4, 0.5) is 0 Å². The number of likely N-dealkylation sites (tertiary alicyclic amines) is 1. The molecule has 2 aliphatic heterocycles. The molecule has 2 unspecified atom stereocenters. The molecule has 20 heavy (non-hydrogen) atoms. The molecule has 0 aliphatic carbocycles. The smallest absolute Gasteiger partial charge is 0.123 e. The van der Waals surface area contributed by atoms with Crippen LogP contribution >= 0.6 is 24.0 Å². The van der Waals surface area contributed by atoms with Gasteiger partial charge in [0.25, 0.3) is 0 Å². The van der Waals surface area contributed by atoms with Gasteiger partial charge in [-0.15, -0.1) is 12.4 Å². The van der Waals surface area contributed by atoms with E-state index in [1.807, 2.05) is 18.2 Å². The van der Waals surface area contributed by atoms with Crippen molar-refractivity contribution in [3.8, 4) is 5.75 Å². The molecule has 0 aromatic heterocycles. The molecule has 1 aromatic rings. The maximum atomic E-state index is 6.10. The number of methoxy groups -OCH3 is 1. The Hall–Kier alpha value is -0.480. The molecule has 1 N–H and O–H groups in total. The van der Waals surface area contributed by atoms with Gasteiger partial charge in [-0.3, -0.25) is 4.90 Å². The topological polar surface area (TPSA) is 24.5 Å². The van der Waals surface area contributed by atoms with Crippen LogP contribution < -0.4 is 10.1 Å². The number of hydrogen-bond acceptors (Lipinski definition) is 3. The Balaban J connectivity index is 0.00000147. The molecular weight excluding hydrogens is 295 g/mol. The summed E-state index contributed by atoms with van der Waals surface area (Å²) in [6.07, 6.45) is 1.31. The number of fused-ring (bicyclic) bond motifs is 1. The second kappa shape index (κ2) is 6.99. The molecule has 1 aromatic carbocycles. The summed E-state index contributed by atoms with van der Waals surface area (Å²) in [4.78, 5) is 2.53. The van der Waals surface area contributed by atoms with E-state index in [4.69, 9.17) is 16.3 Å². The molecule has 0 bridgehead atoms. The zero-order chi connectivity index (χ0) is 13.2. The van der Waals surface area contributed by atoms with Crippen LogP contribution in [-0.4, -0.2) is 38.2 Å². The Kier molecular flexibility index (Phi) is 5.56. The minimum absolute atomic E-state index is 0. The molecule has 5 heteroatoms. The first-order valence-corrected chi connectivity index (χ1v) is 7.39. The highest BCUT2D eigenvalue weighted by molar-refractivity contribution is 6.30. The summed E-state index contributed by atoms with van der Waals surface area (Å²) >= 11 is 6.10. The van der Waals surface area contributed by atoms with E-state index < -0.39 is 0 Å². The fourth-order valence-electron chi connectivity index (χ4n) is 3.37. The molecule has 2 aliphatic rings. The third kappa shape index (κ3) is 3.40. The van der Waals surface area contributed by atoms with Crippen molar-refractivity contribution in [3.05, 3.63) is 28.8 Å². The summed E-state index contributed by atoms with van der Waals surface area (Å²) in [6, 6.07) is 5.87. The SMILES string of the molecule is COc1ccc(Cl)cc1CN1CCC2CNCC2C1.Cl. The number of hydrogen-bond donors (Lipinski definition) is 1. The van der Waals surface area contributed by atoms with Crippen molar-refractivity contribution in [1.29, 1.82) is 0 Å². The van der Waals surface area contributed by atoms with Crippen molar-refractivity contribution in [3.63, 3.8) is 0 Å². The van der Waals surface area contributed by atoms with Gasteiger partial charge in [0.1, 0.15) is 5.75 Å². The Morgan fingerprint density at radius 3 is 2.95 bits per heavy atom. The fourth-order valence-corrected chi connectivity index (χ4v) is 3.56. The van der Waals surface area contributed by atoms with Gasteiger partial charge < -0.3 is 10.1 Å². The van der Waals surface area contributed by atoms with Gasteiger partial charge >= 0.3 is 0 Å². The van der Waals surface area contributed by atoms with Gasteiger partial charge in [0, 0.05) is 23.7 Å². The van der Waals surface area contributed by atoms with E-state index in [0.29, 0.717) is 0 Å². The van der Waals surface area contributed by atoms with Gasteiger partial charge in [-0.2, -0.15) is 0 Å². The highest BCUT2D eigenvalue weighted by Gasteiger charge is 2.32. The number of halogens is 2. The van der Waals surface area contributed by atoms with Crippen molar-refractivity contribution in [2.24, 2.45) is 11.8 Å². The molecule has 2 fully saturated rings. The molecule has 0 spiro atoms. The van der Waals surface area contributed by atoms with Crippen molar-refractivity contribution in [2.75, 3.05) is 33.3 Å². The monoisotopic (exact) mass is 316 g/mol. The normalized spacial score (nSPS) is 25.9. The molecule has 2 heterocycles. The number of ether oxygens (including phenoxy) is 1. The van der Waals surface area contributed by atoms with Gasteiger partial charge in [-0.1, -0.05) is 11.6 Å². The largest absolute Gasteiger partial charge is 0.496 e. The number of nitrogens with one attached hydrogen (secondary N) is 1. The van der Waals surface area contributed by atoms with Gasteiger partial charge in [-0.05, 0) is 56.1 Å². The Morgan fingerprint density at radius 1 is 1.35 bits per heavy atom. The first-order valence-electron chi connectivity index (χ1n) is 7.02. The lowest BCUT2D eigenvalue weighted by molar-refractivity contribution is 0.141. The average Bonchev–Trinajstić information content (AvgIpc) is 2.86. The minimum atomic E-state index is 0. The lowest BCUT2D eigenvalue weighted by atomic mass is 9.88. The second-order valence-corrected chi connectivity index (χ2v) is 6.09. The molecule has 3 rings (SSSR count). The van der Waals surface area contributed by atoms with Crippen molar-refractivity contribution in [2.45, 2.75) is 13.0 Å². The standard InChI is InChI=1S/C15H21ClN2O.ClH/c1-19-15-3-2-14(16)6-12(15)9-18-5-4-11-7-17-8-13(11)10-18;/h2-3,6,11,13,17H,4-5,7-10H2,1H3;1H. The third-order valence-electron chi connectivity index (χ3n) is 4.42.